The molecule has 1 aromatic heterocycles. The number of nitrogens with zero attached hydrogens (tertiary/aromatic N) is 1. The van der Waals surface area contributed by atoms with Gasteiger partial charge in [-0.25, -0.2) is 4.79 Å². The van der Waals surface area contributed by atoms with Crippen LogP contribution >= 0.6 is 0 Å². The summed E-state index contributed by atoms with van der Waals surface area (Å²) in [5, 5.41) is 0. The zero-order valence-corrected chi connectivity index (χ0v) is 21.9. The summed E-state index contributed by atoms with van der Waals surface area (Å²) in [6.07, 6.45) is 13.5. The van der Waals surface area contributed by atoms with Gasteiger partial charge in [0.25, 0.3) is 0 Å². The fourth-order valence-corrected chi connectivity index (χ4v) is 8.89. The van der Waals surface area contributed by atoms with E-state index in [1.165, 1.54) is 31.2 Å². The number of hydrogen-bond acceptors (Lipinski definition) is 6. The quantitative estimate of drug-likeness (QED) is 0.436. The summed E-state index contributed by atoms with van der Waals surface area (Å²) >= 11 is 0. The largest absolute Gasteiger partial charge is 0.461 e. The molecule has 0 aromatic carbocycles. The van der Waals surface area contributed by atoms with Gasteiger partial charge in [0.2, 0.25) is 0 Å². The Bertz CT molecular complexity index is 1050. The van der Waals surface area contributed by atoms with Crippen LogP contribution in [0.1, 0.15) is 76.7 Å². The van der Waals surface area contributed by atoms with Crippen molar-refractivity contribution in [2.75, 3.05) is 32.8 Å². The average Bonchev–Trinajstić information content (AvgIpc) is 3.22. The van der Waals surface area contributed by atoms with Crippen LogP contribution in [0.25, 0.3) is 0 Å². The summed E-state index contributed by atoms with van der Waals surface area (Å²) < 4.78 is 16.7. The standard InChI is InChI=1S/C30H41NO5/c1-29-11-9-22(36-28(33)18-31-13-15-34-16-14-31)17-21(29)4-5-23-25-7-6-24(20-3-8-27(32)35-19-20)30(25,2)12-10-26(23)29/h3,7-8,19,21-24,26H,4-6,9-18H2,1-2H3. The number of hydrogen-bond donors (Lipinski definition) is 0. The highest BCUT2D eigenvalue weighted by Gasteiger charge is 2.58. The topological polar surface area (TPSA) is 69.0 Å². The van der Waals surface area contributed by atoms with Crippen molar-refractivity contribution in [1.82, 2.24) is 4.90 Å². The summed E-state index contributed by atoms with van der Waals surface area (Å²) in [5.74, 6) is 2.36. The Labute approximate surface area is 214 Å². The van der Waals surface area contributed by atoms with Gasteiger partial charge in [-0.05, 0) is 97.5 Å². The second-order valence-electron chi connectivity index (χ2n) is 12.6. The molecule has 7 unspecified atom stereocenters. The summed E-state index contributed by atoms with van der Waals surface area (Å²) in [4.78, 5) is 26.3. The Morgan fingerprint density at radius 1 is 1.11 bits per heavy atom. The van der Waals surface area contributed by atoms with Crippen molar-refractivity contribution in [3.63, 3.8) is 0 Å². The maximum absolute atomic E-state index is 12.6. The third-order valence-corrected chi connectivity index (χ3v) is 10.9. The van der Waals surface area contributed by atoms with Gasteiger partial charge >= 0.3 is 11.6 Å². The minimum atomic E-state index is -0.271. The molecule has 0 radical (unpaired) electrons. The smallest absolute Gasteiger partial charge is 0.335 e. The first-order valence-corrected chi connectivity index (χ1v) is 14.2. The Balaban J connectivity index is 1.11. The summed E-state index contributed by atoms with van der Waals surface area (Å²) in [6.45, 7) is 8.44. The van der Waals surface area contributed by atoms with Gasteiger partial charge in [-0.15, -0.1) is 0 Å². The molecule has 3 saturated carbocycles. The average molecular weight is 496 g/mol. The van der Waals surface area contributed by atoms with Crippen molar-refractivity contribution in [1.29, 1.82) is 0 Å². The molecule has 0 bridgehead atoms. The zero-order chi connectivity index (χ0) is 24.9. The van der Waals surface area contributed by atoms with Crippen LogP contribution in [0.2, 0.25) is 0 Å². The number of morpholine rings is 1. The van der Waals surface area contributed by atoms with Crippen molar-refractivity contribution >= 4 is 5.97 Å². The van der Waals surface area contributed by atoms with E-state index in [2.05, 4.69) is 24.8 Å². The van der Waals surface area contributed by atoms with E-state index in [4.69, 9.17) is 13.9 Å². The first-order chi connectivity index (χ1) is 17.4. The number of carbonyl (C=O) groups excluding carboxylic acids is 1. The van der Waals surface area contributed by atoms with Crippen LogP contribution in [-0.2, 0) is 14.3 Å². The molecule has 1 saturated heterocycles. The van der Waals surface area contributed by atoms with Gasteiger partial charge in [-0.1, -0.05) is 25.5 Å². The van der Waals surface area contributed by atoms with Gasteiger partial charge in [-0.3, -0.25) is 9.69 Å². The van der Waals surface area contributed by atoms with Crippen LogP contribution in [0.3, 0.4) is 0 Å². The van der Waals surface area contributed by atoms with E-state index in [9.17, 15) is 9.59 Å². The van der Waals surface area contributed by atoms with Gasteiger partial charge < -0.3 is 13.9 Å². The molecule has 1 aromatic rings. The monoisotopic (exact) mass is 495 g/mol. The molecule has 196 valence electrons. The number of allylic oxidation sites excluding steroid dienone is 2. The van der Waals surface area contributed by atoms with E-state index >= 15 is 0 Å². The molecule has 0 amide bonds. The Morgan fingerprint density at radius 3 is 2.72 bits per heavy atom. The van der Waals surface area contributed by atoms with Gasteiger partial charge in [0, 0.05) is 19.2 Å². The third-order valence-electron chi connectivity index (χ3n) is 10.9. The van der Waals surface area contributed by atoms with E-state index in [0.717, 1.165) is 38.8 Å². The van der Waals surface area contributed by atoms with E-state index in [1.807, 2.05) is 6.07 Å². The number of esters is 1. The maximum atomic E-state index is 12.6. The molecule has 5 aliphatic rings. The van der Waals surface area contributed by atoms with Crippen molar-refractivity contribution in [3.8, 4) is 0 Å². The molecule has 6 heteroatoms. The van der Waals surface area contributed by atoms with Gasteiger partial charge in [0.1, 0.15) is 6.10 Å². The molecule has 0 spiro atoms. The van der Waals surface area contributed by atoms with Crippen LogP contribution < -0.4 is 5.63 Å². The van der Waals surface area contributed by atoms with E-state index in [-0.39, 0.29) is 23.1 Å². The molecular formula is C30H41NO5. The molecule has 6 rings (SSSR count). The van der Waals surface area contributed by atoms with Crippen molar-refractivity contribution in [2.24, 2.45) is 28.6 Å². The van der Waals surface area contributed by atoms with E-state index in [0.29, 0.717) is 48.8 Å². The highest BCUT2D eigenvalue weighted by Crippen LogP contribution is 2.67. The van der Waals surface area contributed by atoms with Crippen LogP contribution in [-0.4, -0.2) is 49.8 Å². The molecule has 36 heavy (non-hydrogen) atoms. The number of carbonyl (C=O) groups is 1. The summed E-state index contributed by atoms with van der Waals surface area (Å²) in [6, 6.07) is 3.55. The molecule has 2 heterocycles. The lowest BCUT2D eigenvalue weighted by Gasteiger charge is -2.59. The van der Waals surface area contributed by atoms with Crippen LogP contribution in [0.4, 0.5) is 0 Å². The second-order valence-corrected chi connectivity index (χ2v) is 12.6. The lowest BCUT2D eigenvalue weighted by atomic mass is 9.46. The summed E-state index contributed by atoms with van der Waals surface area (Å²) in [5.41, 5.74) is 3.06. The third kappa shape index (κ3) is 4.18. The van der Waals surface area contributed by atoms with E-state index < -0.39 is 0 Å². The zero-order valence-electron chi connectivity index (χ0n) is 21.9. The fraction of sp³-hybridized carbons (Fsp3) is 0.733. The molecule has 4 aliphatic carbocycles. The SMILES string of the molecule is CC12CCC3C(CCC4CC(OC(=O)CN5CCOCC5)CCC43C)C1=CCC2c1ccc(=O)oc1. The minimum Gasteiger partial charge on any atom is -0.461 e. The van der Waals surface area contributed by atoms with Crippen molar-refractivity contribution in [2.45, 2.75) is 77.2 Å². The Kier molecular flexibility index (Phi) is 6.40. The van der Waals surface area contributed by atoms with Crippen LogP contribution in [0, 0.1) is 28.6 Å². The first kappa shape index (κ1) is 24.4. The maximum Gasteiger partial charge on any atom is 0.335 e. The minimum absolute atomic E-state index is 0.0634. The lowest BCUT2D eigenvalue weighted by Crippen LogP contribution is -2.52. The first-order valence-electron chi connectivity index (χ1n) is 14.2. The van der Waals surface area contributed by atoms with Crippen molar-refractivity contribution in [3.05, 3.63) is 46.0 Å². The highest BCUT2D eigenvalue weighted by molar-refractivity contribution is 5.71. The number of rotatable bonds is 4. The Morgan fingerprint density at radius 2 is 1.94 bits per heavy atom. The Hall–Kier alpha value is -1.92. The van der Waals surface area contributed by atoms with Crippen molar-refractivity contribution < 1.29 is 18.7 Å². The molecule has 1 aliphatic heterocycles. The van der Waals surface area contributed by atoms with Crippen LogP contribution in [0.15, 0.2) is 39.3 Å². The van der Waals surface area contributed by atoms with Gasteiger partial charge in [-0.2, -0.15) is 0 Å². The normalized spacial score (nSPS) is 40.5. The van der Waals surface area contributed by atoms with E-state index in [1.54, 1.807) is 17.9 Å². The predicted octanol–water partition coefficient (Wildman–Crippen LogP) is 4.93. The van der Waals surface area contributed by atoms with Gasteiger partial charge in [0.15, 0.2) is 0 Å². The fourth-order valence-electron chi connectivity index (χ4n) is 8.89. The molecule has 0 N–H and O–H groups in total. The predicted molar refractivity (Wildman–Crippen MR) is 137 cm³/mol. The second kappa shape index (κ2) is 9.43. The number of ether oxygens (including phenoxy) is 2. The molecular weight excluding hydrogens is 454 g/mol. The van der Waals surface area contributed by atoms with Gasteiger partial charge in [0.05, 0.1) is 26.0 Å². The highest BCUT2D eigenvalue weighted by atomic mass is 16.5. The molecule has 4 fully saturated rings. The summed E-state index contributed by atoms with van der Waals surface area (Å²) in [7, 11) is 0. The molecule has 6 nitrogen and oxygen atoms in total. The molecule has 7 atom stereocenters. The number of fused-ring (bicyclic) bond motifs is 5. The lowest BCUT2D eigenvalue weighted by molar-refractivity contribution is -0.159. The van der Waals surface area contributed by atoms with Crippen LogP contribution in [0.5, 0.6) is 0 Å².